The van der Waals surface area contributed by atoms with Crippen LogP contribution in [0.5, 0.6) is 0 Å². The summed E-state index contributed by atoms with van der Waals surface area (Å²) in [6, 6.07) is 0. The lowest BCUT2D eigenvalue weighted by Gasteiger charge is -1.87. The van der Waals surface area contributed by atoms with Crippen LogP contribution in [0.15, 0.2) is 9.72 Å². The van der Waals surface area contributed by atoms with Crippen molar-refractivity contribution in [2.45, 2.75) is 4.34 Å². The van der Waals surface area contributed by atoms with Gasteiger partial charge in [0, 0.05) is 5.38 Å². The SMILES string of the molecule is NC(=O)c1csc(S(N)(=O)=O)n1. The summed E-state index contributed by atoms with van der Waals surface area (Å²) < 4.78 is 21.0. The molecule has 0 aliphatic carbocycles. The van der Waals surface area contributed by atoms with Crippen LogP contribution >= 0.6 is 11.3 Å². The van der Waals surface area contributed by atoms with E-state index in [0.717, 1.165) is 11.3 Å². The van der Waals surface area contributed by atoms with E-state index in [-0.39, 0.29) is 10.0 Å². The van der Waals surface area contributed by atoms with Crippen molar-refractivity contribution in [3.8, 4) is 0 Å². The number of hydrogen-bond acceptors (Lipinski definition) is 5. The molecule has 1 amide bonds. The molecular formula is C4H5N3O3S2. The van der Waals surface area contributed by atoms with Crippen molar-refractivity contribution in [1.29, 1.82) is 0 Å². The van der Waals surface area contributed by atoms with Gasteiger partial charge in [0.25, 0.3) is 15.9 Å². The number of sulfonamides is 1. The zero-order valence-corrected chi connectivity index (χ0v) is 7.35. The summed E-state index contributed by atoms with van der Waals surface area (Å²) in [6.45, 7) is 0. The van der Waals surface area contributed by atoms with Gasteiger partial charge in [-0.25, -0.2) is 18.5 Å². The van der Waals surface area contributed by atoms with Gasteiger partial charge in [-0.2, -0.15) is 0 Å². The molecule has 0 bridgehead atoms. The van der Waals surface area contributed by atoms with Crippen LogP contribution in [-0.4, -0.2) is 19.3 Å². The summed E-state index contributed by atoms with van der Waals surface area (Å²) in [6.07, 6.45) is 0. The van der Waals surface area contributed by atoms with Gasteiger partial charge in [-0.15, -0.1) is 11.3 Å². The first-order chi connectivity index (χ1) is 5.41. The van der Waals surface area contributed by atoms with Crippen LogP contribution in [0.25, 0.3) is 0 Å². The lowest BCUT2D eigenvalue weighted by molar-refractivity contribution is 0.0996. The Labute approximate surface area is 72.3 Å². The number of rotatable bonds is 2. The number of primary sulfonamides is 1. The van der Waals surface area contributed by atoms with Gasteiger partial charge in [-0.1, -0.05) is 0 Å². The van der Waals surface area contributed by atoms with Crippen molar-refractivity contribution >= 4 is 27.3 Å². The van der Waals surface area contributed by atoms with Crippen LogP contribution in [0.3, 0.4) is 0 Å². The topological polar surface area (TPSA) is 116 Å². The number of thiazole rings is 1. The van der Waals surface area contributed by atoms with Gasteiger partial charge < -0.3 is 5.73 Å². The van der Waals surface area contributed by atoms with Crippen LogP contribution in [-0.2, 0) is 10.0 Å². The van der Waals surface area contributed by atoms with Gasteiger partial charge >= 0.3 is 0 Å². The van der Waals surface area contributed by atoms with Crippen molar-refractivity contribution in [3.63, 3.8) is 0 Å². The highest BCUT2D eigenvalue weighted by molar-refractivity contribution is 7.91. The maximum absolute atomic E-state index is 10.6. The summed E-state index contributed by atoms with van der Waals surface area (Å²) in [5.74, 6) is -0.777. The Morgan fingerprint density at radius 1 is 1.58 bits per heavy atom. The van der Waals surface area contributed by atoms with Gasteiger partial charge in [0.15, 0.2) is 0 Å². The average molecular weight is 207 g/mol. The van der Waals surface area contributed by atoms with E-state index >= 15 is 0 Å². The lowest BCUT2D eigenvalue weighted by atomic mass is 10.5. The fraction of sp³-hybridized carbons (Fsp3) is 0. The second-order valence-corrected chi connectivity index (χ2v) is 4.50. The lowest BCUT2D eigenvalue weighted by Crippen LogP contribution is -2.14. The van der Waals surface area contributed by atoms with E-state index in [4.69, 9.17) is 10.9 Å². The third-order valence-electron chi connectivity index (χ3n) is 0.979. The Balaban J connectivity index is 3.17. The molecule has 0 atom stereocenters. The number of hydrogen-bond donors (Lipinski definition) is 2. The monoisotopic (exact) mass is 207 g/mol. The third kappa shape index (κ3) is 1.78. The average Bonchev–Trinajstić information content (AvgIpc) is 2.30. The summed E-state index contributed by atoms with van der Waals surface area (Å²) >= 11 is 0.760. The molecule has 0 spiro atoms. The van der Waals surface area contributed by atoms with Gasteiger partial charge in [-0.05, 0) is 0 Å². The Hall–Kier alpha value is -0.990. The number of amides is 1. The Morgan fingerprint density at radius 2 is 2.17 bits per heavy atom. The molecule has 0 fully saturated rings. The quantitative estimate of drug-likeness (QED) is 0.639. The smallest absolute Gasteiger partial charge is 0.268 e. The normalized spacial score (nSPS) is 11.4. The number of carbonyl (C=O) groups is 1. The van der Waals surface area contributed by atoms with Crippen LogP contribution in [0, 0.1) is 0 Å². The summed E-state index contributed by atoms with van der Waals surface area (Å²) in [5.41, 5.74) is 4.75. The Bertz CT molecular complexity index is 407. The molecule has 0 radical (unpaired) electrons. The van der Waals surface area contributed by atoms with Crippen molar-refractivity contribution in [1.82, 2.24) is 4.98 Å². The Kier molecular flexibility index (Phi) is 2.13. The minimum Gasteiger partial charge on any atom is -0.364 e. The first-order valence-corrected chi connectivity index (χ1v) is 5.12. The molecule has 1 rings (SSSR count). The molecule has 0 saturated heterocycles. The Morgan fingerprint density at radius 3 is 2.42 bits per heavy atom. The largest absolute Gasteiger partial charge is 0.364 e. The van der Waals surface area contributed by atoms with Crippen LogP contribution in [0.1, 0.15) is 10.5 Å². The molecule has 0 aromatic carbocycles. The van der Waals surface area contributed by atoms with Crippen molar-refractivity contribution in [2.75, 3.05) is 0 Å². The van der Waals surface area contributed by atoms with Crippen LogP contribution in [0.4, 0.5) is 0 Å². The predicted octanol–water partition coefficient (Wildman–Crippen LogP) is -1.11. The highest BCUT2D eigenvalue weighted by Crippen LogP contribution is 2.12. The van der Waals surface area contributed by atoms with Crippen molar-refractivity contribution in [3.05, 3.63) is 11.1 Å². The van der Waals surface area contributed by atoms with Gasteiger partial charge in [-0.3, -0.25) is 4.79 Å². The molecule has 0 saturated carbocycles. The van der Waals surface area contributed by atoms with E-state index in [1.54, 1.807) is 0 Å². The van der Waals surface area contributed by atoms with E-state index in [2.05, 4.69) is 4.98 Å². The highest BCUT2D eigenvalue weighted by Gasteiger charge is 2.15. The molecule has 4 N–H and O–H groups in total. The fourth-order valence-electron chi connectivity index (χ4n) is 0.501. The molecule has 1 heterocycles. The highest BCUT2D eigenvalue weighted by atomic mass is 32.2. The molecule has 1 aromatic rings. The minimum atomic E-state index is -3.82. The molecule has 1 aromatic heterocycles. The van der Waals surface area contributed by atoms with Crippen LogP contribution in [0.2, 0.25) is 0 Å². The van der Waals surface area contributed by atoms with E-state index in [1.807, 2.05) is 0 Å². The summed E-state index contributed by atoms with van der Waals surface area (Å²) in [5, 5.41) is 5.98. The van der Waals surface area contributed by atoms with Gasteiger partial charge in [0.2, 0.25) is 4.34 Å². The molecule has 66 valence electrons. The third-order valence-corrected chi connectivity index (χ3v) is 3.18. The molecule has 0 unspecified atom stereocenters. The predicted molar refractivity (Wildman–Crippen MR) is 42.0 cm³/mol. The standard InChI is InChI=1S/C4H5N3O3S2/c5-3(8)2-1-11-4(7-2)12(6,9)10/h1H,(H2,5,8)(H2,6,9,10). The fourth-order valence-corrected chi connectivity index (χ4v) is 1.94. The summed E-state index contributed by atoms with van der Waals surface area (Å²) in [7, 11) is -3.82. The van der Waals surface area contributed by atoms with Crippen molar-refractivity contribution < 1.29 is 13.2 Å². The van der Waals surface area contributed by atoms with Gasteiger partial charge in [0.1, 0.15) is 5.69 Å². The van der Waals surface area contributed by atoms with E-state index in [9.17, 15) is 13.2 Å². The number of nitrogens with two attached hydrogens (primary N) is 2. The van der Waals surface area contributed by atoms with Crippen molar-refractivity contribution in [2.24, 2.45) is 10.9 Å². The first-order valence-electron chi connectivity index (χ1n) is 2.69. The molecule has 8 heteroatoms. The van der Waals surface area contributed by atoms with E-state index in [1.165, 1.54) is 5.38 Å². The molecule has 0 aliphatic rings. The zero-order valence-electron chi connectivity index (χ0n) is 5.72. The molecule has 6 nitrogen and oxygen atoms in total. The van der Waals surface area contributed by atoms with E-state index in [0.29, 0.717) is 0 Å². The molecular weight excluding hydrogens is 202 g/mol. The number of nitrogens with zero attached hydrogens (tertiary/aromatic N) is 1. The van der Waals surface area contributed by atoms with Gasteiger partial charge in [0.05, 0.1) is 0 Å². The number of aromatic nitrogens is 1. The summed E-state index contributed by atoms with van der Waals surface area (Å²) in [4.78, 5) is 13.9. The second kappa shape index (κ2) is 2.81. The van der Waals surface area contributed by atoms with E-state index < -0.39 is 15.9 Å². The number of carbonyl (C=O) groups excluding carboxylic acids is 1. The first kappa shape index (κ1) is 9.10. The minimum absolute atomic E-state index is 0.0935. The van der Waals surface area contributed by atoms with Crippen LogP contribution < -0.4 is 10.9 Å². The second-order valence-electron chi connectivity index (χ2n) is 1.91. The molecule has 0 aliphatic heterocycles. The molecule has 12 heavy (non-hydrogen) atoms. The number of primary amides is 1. The maximum atomic E-state index is 10.6. The zero-order chi connectivity index (χ0) is 9.35. The maximum Gasteiger partial charge on any atom is 0.268 e.